The summed E-state index contributed by atoms with van der Waals surface area (Å²) in [5.41, 5.74) is 1.16. The first kappa shape index (κ1) is 19.0. The van der Waals surface area contributed by atoms with E-state index in [0.29, 0.717) is 12.8 Å². The van der Waals surface area contributed by atoms with Crippen LogP contribution in [0.15, 0.2) is 66.7 Å². The molecule has 1 aliphatic rings. The average molecular weight is 388 g/mol. The van der Waals surface area contributed by atoms with Crippen molar-refractivity contribution < 1.29 is 14.3 Å². The van der Waals surface area contributed by atoms with E-state index in [-0.39, 0.29) is 18.5 Å². The fraction of sp³-hybridized carbons (Fsp3) is 0.250. The van der Waals surface area contributed by atoms with Crippen LogP contribution in [-0.2, 0) is 17.8 Å². The lowest BCUT2D eigenvalue weighted by molar-refractivity contribution is -0.131. The predicted octanol–water partition coefficient (Wildman–Crippen LogP) is 4.29. The monoisotopic (exact) mass is 388 g/mol. The summed E-state index contributed by atoms with van der Waals surface area (Å²) in [6, 6.07) is 21.4. The van der Waals surface area contributed by atoms with Gasteiger partial charge in [0.2, 0.25) is 0 Å². The first-order valence-electron chi connectivity index (χ1n) is 9.74. The number of methoxy groups -OCH3 is 1. The second-order valence-corrected chi connectivity index (χ2v) is 7.64. The van der Waals surface area contributed by atoms with Crippen LogP contribution in [0.5, 0.6) is 5.75 Å². The minimum atomic E-state index is -0.901. The van der Waals surface area contributed by atoms with Gasteiger partial charge >= 0.3 is 6.03 Å². The fourth-order valence-corrected chi connectivity index (χ4v) is 3.85. The van der Waals surface area contributed by atoms with E-state index in [2.05, 4.69) is 5.32 Å². The van der Waals surface area contributed by atoms with Crippen LogP contribution in [0.3, 0.4) is 0 Å². The minimum absolute atomic E-state index is 0.177. The molecule has 1 atom stereocenters. The average Bonchev–Trinajstić information content (AvgIpc) is 2.96. The highest BCUT2D eigenvalue weighted by Crippen LogP contribution is 2.27. The molecule has 3 amide bonds. The number of hydrogen-bond donors (Lipinski definition) is 1. The van der Waals surface area contributed by atoms with E-state index in [1.807, 2.05) is 66.7 Å². The quantitative estimate of drug-likeness (QED) is 0.641. The van der Waals surface area contributed by atoms with Crippen molar-refractivity contribution in [2.24, 2.45) is 0 Å². The molecule has 0 aromatic heterocycles. The first-order chi connectivity index (χ1) is 14.0. The summed E-state index contributed by atoms with van der Waals surface area (Å²) in [5, 5.41) is 5.06. The molecule has 0 saturated carbocycles. The van der Waals surface area contributed by atoms with E-state index in [1.54, 1.807) is 14.0 Å². The summed E-state index contributed by atoms with van der Waals surface area (Å²) in [6.07, 6.45) is 1.23. The summed E-state index contributed by atoms with van der Waals surface area (Å²) in [5.74, 6) is 0.621. The van der Waals surface area contributed by atoms with Gasteiger partial charge in [0.05, 0.1) is 13.7 Å². The van der Waals surface area contributed by atoms with E-state index in [0.717, 1.165) is 27.6 Å². The van der Waals surface area contributed by atoms with Crippen LogP contribution >= 0.6 is 0 Å². The number of fused-ring (bicyclic) bond motifs is 1. The Morgan fingerprint density at radius 3 is 2.45 bits per heavy atom. The second kappa shape index (κ2) is 7.59. The molecule has 5 nitrogen and oxygen atoms in total. The third-order valence-electron chi connectivity index (χ3n) is 5.63. The molecule has 1 saturated heterocycles. The van der Waals surface area contributed by atoms with Gasteiger partial charge in [-0.1, -0.05) is 54.6 Å². The van der Waals surface area contributed by atoms with Crippen molar-refractivity contribution in [2.45, 2.75) is 31.8 Å². The van der Waals surface area contributed by atoms with Crippen molar-refractivity contribution >= 4 is 22.7 Å². The molecule has 1 heterocycles. The molecule has 3 aromatic rings. The Hall–Kier alpha value is -3.34. The molecule has 0 radical (unpaired) electrons. The number of carbonyl (C=O) groups excluding carboxylic acids is 2. The number of nitrogens with zero attached hydrogens (tertiary/aromatic N) is 1. The maximum atomic E-state index is 13.1. The maximum Gasteiger partial charge on any atom is 0.325 e. The summed E-state index contributed by atoms with van der Waals surface area (Å²) < 4.78 is 5.18. The lowest BCUT2D eigenvalue weighted by Gasteiger charge is -2.22. The highest BCUT2D eigenvalue weighted by atomic mass is 16.5. The molecule has 1 fully saturated rings. The van der Waals surface area contributed by atoms with Gasteiger partial charge in [-0.2, -0.15) is 0 Å². The summed E-state index contributed by atoms with van der Waals surface area (Å²) in [6.45, 7) is 2.07. The normalized spacial score (nSPS) is 18.9. The zero-order valence-electron chi connectivity index (χ0n) is 16.6. The van der Waals surface area contributed by atoms with Crippen LogP contribution in [0, 0.1) is 0 Å². The Kier molecular flexibility index (Phi) is 4.97. The molecule has 0 spiro atoms. The Bertz CT molecular complexity index is 1060. The van der Waals surface area contributed by atoms with Crippen LogP contribution in [0.25, 0.3) is 10.8 Å². The van der Waals surface area contributed by atoms with Crippen LogP contribution in [0.2, 0.25) is 0 Å². The van der Waals surface area contributed by atoms with Gasteiger partial charge in [-0.05, 0) is 53.8 Å². The zero-order valence-corrected chi connectivity index (χ0v) is 16.6. The van der Waals surface area contributed by atoms with E-state index in [4.69, 9.17) is 4.74 Å². The molecule has 4 rings (SSSR count). The topological polar surface area (TPSA) is 58.6 Å². The fourth-order valence-electron chi connectivity index (χ4n) is 3.85. The molecule has 0 aliphatic carbocycles. The van der Waals surface area contributed by atoms with Crippen molar-refractivity contribution in [3.05, 3.63) is 77.9 Å². The Morgan fingerprint density at radius 2 is 1.69 bits per heavy atom. The number of nitrogens with one attached hydrogen (secondary N) is 1. The van der Waals surface area contributed by atoms with Crippen LogP contribution < -0.4 is 10.1 Å². The molecule has 3 aromatic carbocycles. The highest BCUT2D eigenvalue weighted by molar-refractivity contribution is 6.07. The van der Waals surface area contributed by atoms with E-state index < -0.39 is 5.54 Å². The predicted molar refractivity (Wildman–Crippen MR) is 113 cm³/mol. The van der Waals surface area contributed by atoms with Gasteiger partial charge < -0.3 is 10.1 Å². The molecule has 29 heavy (non-hydrogen) atoms. The lowest BCUT2D eigenvalue weighted by atomic mass is 9.93. The number of rotatable bonds is 6. The van der Waals surface area contributed by atoms with Crippen LogP contribution in [0.4, 0.5) is 4.79 Å². The Morgan fingerprint density at radius 1 is 0.966 bits per heavy atom. The smallest absolute Gasteiger partial charge is 0.325 e. The Balaban J connectivity index is 1.50. The van der Waals surface area contributed by atoms with Gasteiger partial charge in [-0.25, -0.2) is 4.79 Å². The molecule has 148 valence electrons. The summed E-state index contributed by atoms with van der Waals surface area (Å²) >= 11 is 0. The second-order valence-electron chi connectivity index (χ2n) is 7.64. The van der Waals surface area contributed by atoms with Crippen LogP contribution in [-0.4, -0.2) is 29.5 Å². The molecule has 1 N–H and O–H groups in total. The van der Waals surface area contributed by atoms with Gasteiger partial charge in [0.1, 0.15) is 11.3 Å². The van der Waals surface area contributed by atoms with E-state index in [9.17, 15) is 9.59 Å². The number of aryl methyl sites for hydroxylation is 1. The summed E-state index contributed by atoms with van der Waals surface area (Å²) in [7, 11) is 1.63. The number of imide groups is 1. The number of amides is 3. The van der Waals surface area contributed by atoms with Crippen LogP contribution in [0.1, 0.15) is 24.5 Å². The van der Waals surface area contributed by atoms with Crippen molar-refractivity contribution in [1.29, 1.82) is 0 Å². The van der Waals surface area contributed by atoms with E-state index >= 15 is 0 Å². The molecule has 1 aliphatic heterocycles. The largest absolute Gasteiger partial charge is 0.497 e. The first-order valence-corrected chi connectivity index (χ1v) is 9.74. The van der Waals surface area contributed by atoms with E-state index in [1.165, 1.54) is 4.90 Å². The van der Waals surface area contributed by atoms with Crippen molar-refractivity contribution in [3.63, 3.8) is 0 Å². The van der Waals surface area contributed by atoms with Gasteiger partial charge in [0, 0.05) is 0 Å². The SMILES string of the molecule is COc1ccc(CC[C@@]2(C)NC(=O)N(Cc3cccc4ccccc34)C2=O)cc1. The molecule has 0 unspecified atom stereocenters. The Labute approximate surface area is 170 Å². The molecular weight excluding hydrogens is 364 g/mol. The number of urea groups is 1. The maximum absolute atomic E-state index is 13.1. The number of ether oxygens (including phenoxy) is 1. The standard InChI is InChI=1S/C24H24N2O3/c1-24(15-14-17-10-12-20(29-2)13-11-17)22(27)26(23(28)25-24)16-19-8-5-7-18-6-3-4-9-21(18)19/h3-13H,14-16H2,1-2H3,(H,25,28)/t24-/m1/s1. The molecule has 0 bridgehead atoms. The van der Waals surface area contributed by atoms with Gasteiger partial charge in [-0.3, -0.25) is 9.69 Å². The van der Waals surface area contributed by atoms with Gasteiger partial charge in [0.25, 0.3) is 5.91 Å². The van der Waals surface area contributed by atoms with Crippen molar-refractivity contribution in [3.8, 4) is 5.75 Å². The zero-order chi connectivity index (χ0) is 20.4. The third-order valence-corrected chi connectivity index (χ3v) is 5.63. The van der Waals surface area contributed by atoms with Crippen molar-refractivity contribution in [1.82, 2.24) is 10.2 Å². The molecule has 5 heteroatoms. The number of benzene rings is 3. The highest BCUT2D eigenvalue weighted by Gasteiger charge is 2.47. The van der Waals surface area contributed by atoms with Gasteiger partial charge in [0.15, 0.2) is 0 Å². The van der Waals surface area contributed by atoms with Gasteiger partial charge in [-0.15, -0.1) is 0 Å². The minimum Gasteiger partial charge on any atom is -0.497 e. The lowest BCUT2D eigenvalue weighted by Crippen LogP contribution is -2.44. The molecular formula is C24H24N2O3. The third kappa shape index (κ3) is 3.68. The number of hydrogen-bond acceptors (Lipinski definition) is 3. The summed E-state index contributed by atoms with van der Waals surface area (Å²) in [4.78, 5) is 27.1. The van der Waals surface area contributed by atoms with Crippen molar-refractivity contribution in [2.75, 3.05) is 7.11 Å². The number of carbonyl (C=O) groups is 2.